The van der Waals surface area contributed by atoms with Crippen LogP contribution in [0.2, 0.25) is 0 Å². The van der Waals surface area contributed by atoms with Gasteiger partial charge in [0.15, 0.2) is 5.65 Å². The lowest BCUT2D eigenvalue weighted by Crippen LogP contribution is -2.44. The summed E-state index contributed by atoms with van der Waals surface area (Å²) in [5.41, 5.74) is 3.98. The molecule has 236 valence electrons. The molecule has 2 saturated heterocycles. The number of pyridine rings is 1. The molecule has 4 atom stereocenters. The molecular weight excluding hydrogens is 573 g/mol. The highest BCUT2D eigenvalue weighted by Crippen LogP contribution is 2.39. The average Bonchev–Trinajstić information content (AvgIpc) is 3.45. The quantitative estimate of drug-likeness (QED) is 0.266. The van der Waals surface area contributed by atoms with E-state index >= 15 is 0 Å². The lowest BCUT2D eigenvalue weighted by Gasteiger charge is -2.39. The molecule has 1 aliphatic carbocycles. The molecule has 3 aliphatic rings. The number of rotatable bonds is 6. The summed E-state index contributed by atoms with van der Waals surface area (Å²) in [6.45, 7) is 7.06. The third kappa shape index (κ3) is 6.13. The first-order valence-electron chi connectivity index (χ1n) is 16.0. The number of hydrogen-bond donors (Lipinski definition) is 2. The molecule has 4 heterocycles. The van der Waals surface area contributed by atoms with Crippen LogP contribution in [-0.2, 0) is 4.74 Å². The number of piperidine rings is 1. The van der Waals surface area contributed by atoms with Gasteiger partial charge in [-0.2, -0.15) is 0 Å². The van der Waals surface area contributed by atoms with Crippen molar-refractivity contribution in [2.75, 3.05) is 41.4 Å². The molecule has 4 aromatic rings. The van der Waals surface area contributed by atoms with E-state index in [2.05, 4.69) is 50.5 Å². The van der Waals surface area contributed by atoms with Crippen molar-refractivity contribution in [2.45, 2.75) is 70.2 Å². The van der Waals surface area contributed by atoms with Crippen LogP contribution in [-0.4, -0.2) is 59.0 Å². The fourth-order valence-corrected chi connectivity index (χ4v) is 7.08. The summed E-state index contributed by atoms with van der Waals surface area (Å²) in [4.78, 5) is 17.6. The highest BCUT2D eigenvalue weighted by Gasteiger charge is 2.31. The van der Waals surface area contributed by atoms with Crippen molar-refractivity contribution in [2.24, 2.45) is 0 Å². The number of aromatic nitrogens is 3. The normalized spacial score (nSPS) is 23.4. The topological polar surface area (TPSA) is 96.3 Å². The molecule has 2 amide bonds. The predicted molar refractivity (Wildman–Crippen MR) is 172 cm³/mol. The van der Waals surface area contributed by atoms with Gasteiger partial charge in [-0.3, -0.25) is 4.40 Å². The fourth-order valence-electron chi connectivity index (χ4n) is 7.08. The Morgan fingerprint density at radius 1 is 0.956 bits per heavy atom. The Labute approximate surface area is 262 Å². The van der Waals surface area contributed by atoms with Gasteiger partial charge in [-0.15, -0.1) is 10.2 Å². The van der Waals surface area contributed by atoms with Crippen LogP contribution in [0.4, 0.5) is 26.5 Å². The molecule has 45 heavy (non-hydrogen) atoms. The van der Waals surface area contributed by atoms with E-state index in [1.54, 1.807) is 6.07 Å². The molecule has 11 heteroatoms. The lowest BCUT2D eigenvalue weighted by atomic mass is 9.85. The van der Waals surface area contributed by atoms with Crippen molar-refractivity contribution in [3.05, 3.63) is 77.7 Å². The minimum absolute atomic E-state index is 0.174. The van der Waals surface area contributed by atoms with E-state index < -0.39 is 5.82 Å². The second-order valence-electron chi connectivity index (χ2n) is 12.4. The van der Waals surface area contributed by atoms with Gasteiger partial charge in [-0.25, -0.2) is 9.18 Å². The number of amides is 2. The number of fused-ring (bicyclic) bond motifs is 2. The van der Waals surface area contributed by atoms with Crippen LogP contribution in [0.1, 0.15) is 69.2 Å². The van der Waals surface area contributed by atoms with E-state index in [9.17, 15) is 9.18 Å². The SMILES string of the molecule is CC1CCCC(C)N1c1nnc2ccc(OC3CCC(NC(=O)Nc4cc(F)cc(N5CCOCC5)c4)c4ccccc43)cn12. The minimum atomic E-state index is -0.394. The van der Waals surface area contributed by atoms with Crippen LogP contribution in [0, 0.1) is 5.82 Å². The fraction of sp³-hybridized carbons (Fsp3) is 0.441. The summed E-state index contributed by atoms with van der Waals surface area (Å²) in [6, 6.07) is 16.8. The Morgan fingerprint density at radius 3 is 2.53 bits per heavy atom. The summed E-state index contributed by atoms with van der Waals surface area (Å²) in [6.07, 6.45) is 6.73. The molecule has 10 nitrogen and oxygen atoms in total. The van der Waals surface area contributed by atoms with Gasteiger partial charge >= 0.3 is 6.03 Å². The molecule has 4 unspecified atom stereocenters. The monoisotopic (exact) mass is 613 g/mol. The smallest absolute Gasteiger partial charge is 0.319 e. The van der Waals surface area contributed by atoms with Crippen molar-refractivity contribution in [3.8, 4) is 5.75 Å². The number of nitrogens with zero attached hydrogens (tertiary/aromatic N) is 5. The van der Waals surface area contributed by atoms with Crippen LogP contribution in [0.5, 0.6) is 5.75 Å². The summed E-state index contributed by atoms with van der Waals surface area (Å²) >= 11 is 0. The number of anilines is 3. The molecule has 2 N–H and O–H groups in total. The van der Waals surface area contributed by atoms with Crippen LogP contribution in [0.3, 0.4) is 0 Å². The number of hydrogen-bond acceptors (Lipinski definition) is 7. The molecule has 2 fully saturated rings. The van der Waals surface area contributed by atoms with Gasteiger partial charge in [-0.1, -0.05) is 24.3 Å². The number of benzene rings is 2. The highest BCUT2D eigenvalue weighted by molar-refractivity contribution is 5.90. The van der Waals surface area contributed by atoms with E-state index in [4.69, 9.17) is 9.47 Å². The van der Waals surface area contributed by atoms with Gasteiger partial charge in [-0.05, 0) is 87.4 Å². The molecule has 2 aromatic carbocycles. The number of ether oxygens (including phenoxy) is 2. The number of urea groups is 1. The van der Waals surface area contributed by atoms with Gasteiger partial charge in [0.25, 0.3) is 0 Å². The van der Waals surface area contributed by atoms with E-state index in [1.807, 2.05) is 40.9 Å². The maximum Gasteiger partial charge on any atom is 0.319 e. The number of morpholine rings is 1. The number of halogens is 1. The molecule has 0 saturated carbocycles. The van der Waals surface area contributed by atoms with Crippen molar-refractivity contribution in [3.63, 3.8) is 0 Å². The number of nitrogens with one attached hydrogen (secondary N) is 2. The van der Waals surface area contributed by atoms with Crippen molar-refractivity contribution >= 4 is 29.0 Å². The Kier molecular flexibility index (Phi) is 8.18. The van der Waals surface area contributed by atoms with Gasteiger partial charge in [0.1, 0.15) is 17.7 Å². The zero-order chi connectivity index (χ0) is 30.9. The van der Waals surface area contributed by atoms with Crippen LogP contribution < -0.4 is 25.2 Å². The van der Waals surface area contributed by atoms with E-state index in [0.717, 1.165) is 53.4 Å². The lowest BCUT2D eigenvalue weighted by molar-refractivity contribution is 0.122. The summed E-state index contributed by atoms with van der Waals surface area (Å²) in [5, 5.41) is 14.9. The second-order valence-corrected chi connectivity index (χ2v) is 12.4. The van der Waals surface area contributed by atoms with E-state index in [0.29, 0.717) is 50.5 Å². The van der Waals surface area contributed by atoms with Crippen LogP contribution >= 0.6 is 0 Å². The predicted octanol–water partition coefficient (Wildman–Crippen LogP) is 6.25. The van der Waals surface area contributed by atoms with Gasteiger partial charge in [0.05, 0.1) is 25.5 Å². The molecular formula is C34H40FN7O3. The van der Waals surface area contributed by atoms with Crippen molar-refractivity contribution in [1.82, 2.24) is 19.9 Å². The zero-order valence-electron chi connectivity index (χ0n) is 25.8. The average molecular weight is 614 g/mol. The molecule has 0 spiro atoms. The third-order valence-corrected chi connectivity index (χ3v) is 9.32. The summed E-state index contributed by atoms with van der Waals surface area (Å²) < 4.78 is 28.5. The Hall–Kier alpha value is -4.38. The van der Waals surface area contributed by atoms with Crippen LogP contribution in [0.15, 0.2) is 60.8 Å². The van der Waals surface area contributed by atoms with Crippen molar-refractivity contribution in [1.29, 1.82) is 0 Å². The first-order chi connectivity index (χ1) is 21.9. The Balaban J connectivity index is 1.06. The maximum atomic E-state index is 14.5. The van der Waals surface area contributed by atoms with Crippen molar-refractivity contribution < 1.29 is 18.7 Å². The van der Waals surface area contributed by atoms with Crippen LogP contribution in [0.25, 0.3) is 5.65 Å². The molecule has 2 aliphatic heterocycles. The molecule has 0 bridgehead atoms. The van der Waals surface area contributed by atoms with Gasteiger partial charge < -0.3 is 29.9 Å². The van der Waals surface area contributed by atoms with Gasteiger partial charge in [0, 0.05) is 36.5 Å². The first kappa shape index (κ1) is 29.3. The standard InChI is InChI=1S/C34H40FN7O3/c1-22-6-5-7-23(2)42(22)34-39-38-32-13-10-27(21-41(32)34)45-31-12-11-30(28-8-3-4-9-29(28)31)37-33(43)36-25-18-24(35)19-26(20-25)40-14-16-44-17-15-40/h3-4,8-10,13,18-23,30-31H,5-7,11-12,14-17H2,1-2H3,(H2,36,37,43). The van der Waals surface area contributed by atoms with E-state index in [1.165, 1.54) is 18.6 Å². The van der Waals surface area contributed by atoms with Gasteiger partial charge in [0.2, 0.25) is 5.95 Å². The summed E-state index contributed by atoms with van der Waals surface area (Å²) in [7, 11) is 0. The minimum Gasteiger partial charge on any atom is -0.484 e. The first-order valence-corrected chi connectivity index (χ1v) is 16.0. The third-order valence-electron chi connectivity index (χ3n) is 9.32. The highest BCUT2D eigenvalue weighted by atomic mass is 19.1. The molecule has 2 aromatic heterocycles. The largest absolute Gasteiger partial charge is 0.484 e. The number of carbonyl (C=O) groups is 1. The zero-order valence-corrected chi connectivity index (χ0v) is 25.8. The Bertz CT molecular complexity index is 1660. The number of carbonyl (C=O) groups excluding carboxylic acids is 1. The maximum absolute atomic E-state index is 14.5. The molecule has 0 radical (unpaired) electrons. The van der Waals surface area contributed by atoms with E-state index in [-0.39, 0.29) is 18.2 Å². The Morgan fingerprint density at radius 2 is 1.73 bits per heavy atom. The second kappa shape index (κ2) is 12.5. The summed E-state index contributed by atoms with van der Waals surface area (Å²) in [5.74, 6) is 1.20. The molecule has 7 rings (SSSR count).